The highest BCUT2D eigenvalue weighted by Crippen LogP contribution is 2.20. The van der Waals surface area contributed by atoms with Crippen molar-refractivity contribution in [3.8, 4) is 12.3 Å². The first kappa shape index (κ1) is 9.09. The standard InChI is InChI=1S/C11H9Br/c1-3-4-6-10-7-5-8-11(12)9(10)2/h1,4-8H,2H3/b6-4-. The van der Waals surface area contributed by atoms with Crippen LogP contribution in [0.5, 0.6) is 0 Å². The second-order valence-electron chi connectivity index (χ2n) is 2.45. The van der Waals surface area contributed by atoms with Crippen molar-refractivity contribution >= 4 is 22.0 Å². The Labute approximate surface area is 81.4 Å². The molecule has 60 valence electrons. The Balaban J connectivity index is 3.10. The molecule has 12 heavy (non-hydrogen) atoms. The molecule has 0 N–H and O–H groups in total. The van der Waals surface area contributed by atoms with Gasteiger partial charge >= 0.3 is 0 Å². The predicted molar refractivity (Wildman–Crippen MR) is 56.7 cm³/mol. The molecule has 0 amide bonds. The smallest absolute Gasteiger partial charge is 0.0210 e. The van der Waals surface area contributed by atoms with Gasteiger partial charge in [0, 0.05) is 4.47 Å². The molecule has 1 aromatic rings. The Morgan fingerprint density at radius 2 is 2.25 bits per heavy atom. The van der Waals surface area contributed by atoms with Gasteiger partial charge in [0.15, 0.2) is 0 Å². The normalized spacial score (nSPS) is 10.1. The first-order valence-electron chi connectivity index (χ1n) is 3.63. The Hall–Kier alpha value is -1.00. The first-order chi connectivity index (χ1) is 5.75. The van der Waals surface area contributed by atoms with Crippen LogP contribution in [0.15, 0.2) is 28.7 Å². The molecule has 0 spiro atoms. The summed E-state index contributed by atoms with van der Waals surface area (Å²) in [6.07, 6.45) is 8.75. The second-order valence-corrected chi connectivity index (χ2v) is 3.31. The number of allylic oxidation sites excluding steroid dienone is 1. The SMILES string of the molecule is C#C/C=C\c1cccc(Br)c1C. The molecule has 0 aromatic heterocycles. The van der Waals surface area contributed by atoms with Crippen LogP contribution in [0.1, 0.15) is 11.1 Å². The van der Waals surface area contributed by atoms with Gasteiger partial charge in [0.2, 0.25) is 0 Å². The summed E-state index contributed by atoms with van der Waals surface area (Å²) in [6.45, 7) is 2.06. The van der Waals surface area contributed by atoms with E-state index >= 15 is 0 Å². The Kier molecular flexibility index (Phi) is 3.13. The van der Waals surface area contributed by atoms with Gasteiger partial charge in [0.25, 0.3) is 0 Å². The van der Waals surface area contributed by atoms with Crippen LogP contribution in [0.2, 0.25) is 0 Å². The largest absolute Gasteiger partial charge is 0.115 e. The lowest BCUT2D eigenvalue weighted by atomic mass is 10.1. The molecule has 0 heterocycles. The third-order valence-corrected chi connectivity index (χ3v) is 2.53. The minimum atomic E-state index is 1.11. The number of halogens is 1. The van der Waals surface area contributed by atoms with Crippen molar-refractivity contribution in [3.63, 3.8) is 0 Å². The van der Waals surface area contributed by atoms with Crippen LogP contribution in [0, 0.1) is 19.3 Å². The van der Waals surface area contributed by atoms with Gasteiger partial charge in [-0.25, -0.2) is 0 Å². The van der Waals surface area contributed by atoms with Gasteiger partial charge in [-0.2, -0.15) is 0 Å². The van der Waals surface area contributed by atoms with Gasteiger partial charge in [-0.15, -0.1) is 6.42 Å². The molecule has 0 saturated heterocycles. The minimum Gasteiger partial charge on any atom is -0.115 e. The third-order valence-electron chi connectivity index (χ3n) is 1.67. The second kappa shape index (κ2) is 4.13. The number of terminal acetylenes is 1. The fourth-order valence-corrected chi connectivity index (χ4v) is 1.32. The maximum Gasteiger partial charge on any atom is 0.0210 e. The number of rotatable bonds is 1. The van der Waals surface area contributed by atoms with E-state index in [0.717, 1.165) is 10.0 Å². The fourth-order valence-electron chi connectivity index (χ4n) is 0.943. The van der Waals surface area contributed by atoms with Crippen LogP contribution in [0.4, 0.5) is 0 Å². The summed E-state index contributed by atoms with van der Waals surface area (Å²) >= 11 is 3.45. The fraction of sp³-hybridized carbons (Fsp3) is 0.0909. The molecule has 0 bridgehead atoms. The molecule has 0 atom stereocenters. The molecule has 0 radical (unpaired) electrons. The molecule has 1 aromatic carbocycles. The monoisotopic (exact) mass is 220 g/mol. The van der Waals surface area contributed by atoms with Gasteiger partial charge in [-0.05, 0) is 36.3 Å². The van der Waals surface area contributed by atoms with E-state index in [0.29, 0.717) is 0 Å². The zero-order chi connectivity index (χ0) is 8.97. The highest BCUT2D eigenvalue weighted by molar-refractivity contribution is 9.10. The maximum absolute atomic E-state index is 5.12. The van der Waals surface area contributed by atoms with E-state index in [2.05, 4.69) is 28.8 Å². The van der Waals surface area contributed by atoms with Gasteiger partial charge < -0.3 is 0 Å². The molecule has 0 fully saturated rings. The molecule has 1 rings (SSSR count). The van der Waals surface area contributed by atoms with Crippen molar-refractivity contribution in [1.82, 2.24) is 0 Å². The van der Waals surface area contributed by atoms with Gasteiger partial charge in [-0.3, -0.25) is 0 Å². The van der Waals surface area contributed by atoms with Crippen LogP contribution in [-0.4, -0.2) is 0 Å². The molecule has 0 unspecified atom stereocenters. The molecule has 0 aliphatic heterocycles. The van der Waals surface area contributed by atoms with E-state index in [9.17, 15) is 0 Å². The minimum absolute atomic E-state index is 1.11. The molecule has 0 nitrogen and oxygen atoms in total. The Bertz CT molecular complexity index is 343. The summed E-state index contributed by atoms with van der Waals surface area (Å²) < 4.78 is 1.11. The molecular weight excluding hydrogens is 212 g/mol. The average Bonchev–Trinajstić information content (AvgIpc) is 2.08. The zero-order valence-corrected chi connectivity index (χ0v) is 8.43. The van der Waals surface area contributed by atoms with E-state index in [1.54, 1.807) is 6.08 Å². The number of hydrogen-bond donors (Lipinski definition) is 0. The summed E-state index contributed by atoms with van der Waals surface area (Å²) in [5, 5.41) is 0. The van der Waals surface area contributed by atoms with Gasteiger partial charge in [0.1, 0.15) is 0 Å². The highest BCUT2D eigenvalue weighted by atomic mass is 79.9. The Morgan fingerprint density at radius 3 is 2.92 bits per heavy atom. The van der Waals surface area contributed by atoms with Crippen LogP contribution in [0.3, 0.4) is 0 Å². The van der Waals surface area contributed by atoms with Crippen molar-refractivity contribution in [2.24, 2.45) is 0 Å². The summed E-state index contributed by atoms with van der Waals surface area (Å²) in [5.41, 5.74) is 2.37. The summed E-state index contributed by atoms with van der Waals surface area (Å²) in [7, 11) is 0. The van der Waals surface area contributed by atoms with Crippen molar-refractivity contribution in [3.05, 3.63) is 39.9 Å². The van der Waals surface area contributed by atoms with E-state index in [4.69, 9.17) is 6.42 Å². The van der Waals surface area contributed by atoms with Crippen LogP contribution in [0.25, 0.3) is 6.08 Å². The number of hydrogen-bond acceptors (Lipinski definition) is 0. The van der Waals surface area contributed by atoms with Gasteiger partial charge in [0.05, 0.1) is 0 Å². The quantitative estimate of drug-likeness (QED) is 0.637. The van der Waals surface area contributed by atoms with Crippen molar-refractivity contribution < 1.29 is 0 Å². The lowest BCUT2D eigenvalue weighted by molar-refractivity contribution is 1.41. The lowest BCUT2D eigenvalue weighted by Crippen LogP contribution is -1.80. The maximum atomic E-state index is 5.12. The molecule has 0 saturated carbocycles. The molecule has 0 aliphatic carbocycles. The Morgan fingerprint density at radius 1 is 1.50 bits per heavy atom. The summed E-state index contributed by atoms with van der Waals surface area (Å²) in [6, 6.07) is 6.05. The molecular formula is C11H9Br. The summed E-state index contributed by atoms with van der Waals surface area (Å²) in [4.78, 5) is 0. The summed E-state index contributed by atoms with van der Waals surface area (Å²) in [5.74, 6) is 2.47. The zero-order valence-electron chi connectivity index (χ0n) is 6.84. The van der Waals surface area contributed by atoms with Crippen LogP contribution < -0.4 is 0 Å². The van der Waals surface area contributed by atoms with Crippen LogP contribution in [-0.2, 0) is 0 Å². The topological polar surface area (TPSA) is 0 Å². The van der Waals surface area contributed by atoms with E-state index in [-0.39, 0.29) is 0 Å². The highest BCUT2D eigenvalue weighted by Gasteiger charge is 1.96. The van der Waals surface area contributed by atoms with Gasteiger partial charge in [-0.1, -0.05) is 34.0 Å². The van der Waals surface area contributed by atoms with Crippen molar-refractivity contribution in [2.75, 3.05) is 0 Å². The lowest BCUT2D eigenvalue weighted by Gasteiger charge is -2.00. The predicted octanol–water partition coefficient (Wildman–Crippen LogP) is 3.40. The van der Waals surface area contributed by atoms with E-state index in [1.165, 1.54) is 5.56 Å². The number of benzene rings is 1. The first-order valence-corrected chi connectivity index (χ1v) is 4.43. The molecule has 1 heteroatoms. The van der Waals surface area contributed by atoms with Crippen molar-refractivity contribution in [1.29, 1.82) is 0 Å². The van der Waals surface area contributed by atoms with E-state index in [1.807, 2.05) is 24.3 Å². The molecule has 0 aliphatic rings. The van der Waals surface area contributed by atoms with Crippen LogP contribution >= 0.6 is 15.9 Å². The third kappa shape index (κ3) is 1.99. The van der Waals surface area contributed by atoms with E-state index < -0.39 is 0 Å². The average molecular weight is 221 g/mol. The van der Waals surface area contributed by atoms with Crippen molar-refractivity contribution in [2.45, 2.75) is 6.92 Å².